The van der Waals surface area contributed by atoms with Crippen molar-refractivity contribution in [2.24, 2.45) is 0 Å². The molecule has 1 aromatic heterocycles. The van der Waals surface area contributed by atoms with Crippen molar-refractivity contribution in [1.29, 1.82) is 0 Å². The van der Waals surface area contributed by atoms with Crippen molar-refractivity contribution >= 4 is 29.2 Å². The second kappa shape index (κ2) is 8.39. The lowest BCUT2D eigenvalue weighted by atomic mass is 10.1. The predicted molar refractivity (Wildman–Crippen MR) is 99.1 cm³/mol. The van der Waals surface area contributed by atoms with Gasteiger partial charge in [0, 0.05) is 28.2 Å². The highest BCUT2D eigenvalue weighted by molar-refractivity contribution is 7.80. The monoisotopic (exact) mass is 317 g/mol. The Bertz CT molecular complexity index is 596. The first-order valence-electron chi connectivity index (χ1n) is 8.21. The Morgan fingerprint density at radius 2 is 2.00 bits per heavy atom. The quantitative estimate of drug-likeness (QED) is 0.705. The van der Waals surface area contributed by atoms with Crippen LogP contribution in [-0.4, -0.2) is 35.6 Å². The van der Waals surface area contributed by atoms with Gasteiger partial charge >= 0.3 is 0 Å². The fourth-order valence-corrected chi connectivity index (χ4v) is 3.05. The fourth-order valence-electron chi connectivity index (χ4n) is 2.78. The maximum absolute atomic E-state index is 4.49. The molecule has 1 N–H and O–H groups in total. The summed E-state index contributed by atoms with van der Waals surface area (Å²) in [7, 11) is 0. The molecule has 0 saturated heterocycles. The van der Waals surface area contributed by atoms with E-state index in [2.05, 4.69) is 60.7 Å². The molecule has 0 saturated carbocycles. The number of rotatable bonds is 8. The normalized spacial score (nSPS) is 12.8. The summed E-state index contributed by atoms with van der Waals surface area (Å²) in [5.74, 6) is 0. The van der Waals surface area contributed by atoms with Crippen LogP contribution in [0.2, 0.25) is 0 Å². The van der Waals surface area contributed by atoms with Crippen LogP contribution < -0.4 is 5.32 Å². The molecule has 1 unspecified atom stereocenters. The molecule has 0 bridgehead atoms. The molecule has 22 heavy (non-hydrogen) atoms. The maximum Gasteiger partial charge on any atom is 0.0855 e. The number of thiol groups is 1. The van der Waals surface area contributed by atoms with Crippen molar-refractivity contribution in [2.75, 3.05) is 25.0 Å². The van der Waals surface area contributed by atoms with Crippen LogP contribution in [0.1, 0.15) is 33.6 Å². The summed E-state index contributed by atoms with van der Waals surface area (Å²) < 4.78 is 0. The summed E-state index contributed by atoms with van der Waals surface area (Å²) in [5, 5.41) is 4.77. The van der Waals surface area contributed by atoms with E-state index in [1.54, 1.807) is 0 Å². The molecule has 1 aromatic carbocycles. The molecule has 0 radical (unpaired) electrons. The third-order valence-corrected chi connectivity index (χ3v) is 4.52. The first kappa shape index (κ1) is 17.1. The average Bonchev–Trinajstić information content (AvgIpc) is 2.53. The molecule has 4 heteroatoms. The zero-order chi connectivity index (χ0) is 15.9. The number of nitrogens with one attached hydrogen (secondary N) is 1. The standard InChI is InChI=1S/C18H27N3S/c1-4-21(5-2)13-7-8-14(3)20-16-11-12-19-18-15(16)9-6-10-17(18)22/h6,9-12,14,22H,4-5,7-8,13H2,1-3H3,(H,19,20). The van der Waals surface area contributed by atoms with Gasteiger partial charge in [-0.25, -0.2) is 0 Å². The molecule has 0 spiro atoms. The summed E-state index contributed by atoms with van der Waals surface area (Å²) >= 11 is 4.49. The first-order valence-corrected chi connectivity index (χ1v) is 8.66. The van der Waals surface area contributed by atoms with Gasteiger partial charge in [-0.15, -0.1) is 12.6 Å². The van der Waals surface area contributed by atoms with E-state index in [0.29, 0.717) is 6.04 Å². The van der Waals surface area contributed by atoms with Gasteiger partial charge in [0.05, 0.1) is 5.52 Å². The molecule has 120 valence electrons. The van der Waals surface area contributed by atoms with E-state index in [4.69, 9.17) is 0 Å². The summed E-state index contributed by atoms with van der Waals surface area (Å²) in [5.41, 5.74) is 2.11. The Kier molecular flexibility index (Phi) is 6.52. The highest BCUT2D eigenvalue weighted by Gasteiger charge is 2.08. The molecule has 3 nitrogen and oxygen atoms in total. The van der Waals surface area contributed by atoms with E-state index in [1.807, 2.05) is 18.3 Å². The van der Waals surface area contributed by atoms with Crippen molar-refractivity contribution in [2.45, 2.75) is 44.6 Å². The highest BCUT2D eigenvalue weighted by Crippen LogP contribution is 2.26. The molecule has 0 aliphatic heterocycles. The predicted octanol–water partition coefficient (Wildman–Crippen LogP) is 4.45. The highest BCUT2D eigenvalue weighted by atomic mass is 32.1. The number of anilines is 1. The van der Waals surface area contributed by atoms with E-state index < -0.39 is 0 Å². The number of hydrogen-bond donors (Lipinski definition) is 2. The third-order valence-electron chi connectivity index (χ3n) is 4.16. The van der Waals surface area contributed by atoms with E-state index in [0.717, 1.165) is 34.6 Å². The molecule has 0 amide bonds. The lowest BCUT2D eigenvalue weighted by molar-refractivity contribution is 0.295. The van der Waals surface area contributed by atoms with Gasteiger partial charge in [-0.05, 0) is 51.5 Å². The Morgan fingerprint density at radius 1 is 1.23 bits per heavy atom. The smallest absolute Gasteiger partial charge is 0.0855 e. The van der Waals surface area contributed by atoms with Gasteiger partial charge in [-0.1, -0.05) is 26.0 Å². The summed E-state index contributed by atoms with van der Waals surface area (Å²) in [4.78, 5) is 7.83. The fraction of sp³-hybridized carbons (Fsp3) is 0.500. The van der Waals surface area contributed by atoms with Gasteiger partial charge in [0.15, 0.2) is 0 Å². The molecule has 0 aliphatic rings. The van der Waals surface area contributed by atoms with Crippen LogP contribution in [0.3, 0.4) is 0 Å². The van der Waals surface area contributed by atoms with Gasteiger partial charge in [-0.2, -0.15) is 0 Å². The Balaban J connectivity index is 1.97. The third kappa shape index (κ3) is 4.37. The molecule has 1 atom stereocenters. The minimum Gasteiger partial charge on any atom is -0.382 e. The Labute approximate surface area is 139 Å². The van der Waals surface area contributed by atoms with Gasteiger partial charge < -0.3 is 10.2 Å². The van der Waals surface area contributed by atoms with Crippen LogP contribution in [0.15, 0.2) is 35.4 Å². The van der Waals surface area contributed by atoms with Crippen LogP contribution >= 0.6 is 12.6 Å². The largest absolute Gasteiger partial charge is 0.382 e. The van der Waals surface area contributed by atoms with Gasteiger partial charge in [-0.3, -0.25) is 4.98 Å². The van der Waals surface area contributed by atoms with Crippen molar-refractivity contribution in [3.63, 3.8) is 0 Å². The van der Waals surface area contributed by atoms with Gasteiger partial charge in [0.25, 0.3) is 0 Å². The lowest BCUT2D eigenvalue weighted by Gasteiger charge is -2.20. The zero-order valence-corrected chi connectivity index (χ0v) is 14.7. The SMILES string of the molecule is CCN(CC)CCCC(C)Nc1ccnc2c(S)cccc12. The van der Waals surface area contributed by atoms with E-state index in [1.165, 1.54) is 19.4 Å². The second-order valence-electron chi connectivity index (χ2n) is 5.75. The average molecular weight is 318 g/mol. The van der Waals surface area contributed by atoms with Gasteiger partial charge in [0.2, 0.25) is 0 Å². The molecular formula is C18H27N3S. The van der Waals surface area contributed by atoms with Crippen LogP contribution in [0.4, 0.5) is 5.69 Å². The number of pyridine rings is 1. The topological polar surface area (TPSA) is 28.2 Å². The minimum absolute atomic E-state index is 0.449. The number of hydrogen-bond acceptors (Lipinski definition) is 4. The van der Waals surface area contributed by atoms with E-state index in [9.17, 15) is 0 Å². The summed E-state index contributed by atoms with van der Waals surface area (Å²) in [6.45, 7) is 10.2. The number of aromatic nitrogens is 1. The van der Waals surface area contributed by atoms with Crippen LogP contribution in [0, 0.1) is 0 Å². The molecule has 2 rings (SSSR count). The van der Waals surface area contributed by atoms with Crippen molar-refractivity contribution in [3.8, 4) is 0 Å². The molecular weight excluding hydrogens is 290 g/mol. The van der Waals surface area contributed by atoms with Crippen molar-refractivity contribution in [1.82, 2.24) is 9.88 Å². The number of para-hydroxylation sites is 1. The Morgan fingerprint density at radius 3 is 2.73 bits per heavy atom. The van der Waals surface area contributed by atoms with E-state index >= 15 is 0 Å². The van der Waals surface area contributed by atoms with Crippen molar-refractivity contribution in [3.05, 3.63) is 30.5 Å². The molecule has 2 aromatic rings. The zero-order valence-electron chi connectivity index (χ0n) is 13.8. The first-order chi connectivity index (χ1) is 10.7. The van der Waals surface area contributed by atoms with Crippen LogP contribution in [0.25, 0.3) is 10.9 Å². The van der Waals surface area contributed by atoms with Crippen molar-refractivity contribution < 1.29 is 0 Å². The number of nitrogens with zero attached hydrogens (tertiary/aromatic N) is 2. The van der Waals surface area contributed by atoms with Crippen LogP contribution in [0.5, 0.6) is 0 Å². The maximum atomic E-state index is 4.49. The minimum atomic E-state index is 0.449. The Hall–Kier alpha value is -1.26. The number of benzene rings is 1. The number of fused-ring (bicyclic) bond motifs is 1. The molecule has 0 aliphatic carbocycles. The van der Waals surface area contributed by atoms with Crippen LogP contribution in [-0.2, 0) is 0 Å². The molecule has 0 fully saturated rings. The van der Waals surface area contributed by atoms with E-state index in [-0.39, 0.29) is 0 Å². The lowest BCUT2D eigenvalue weighted by Crippen LogP contribution is -2.25. The summed E-state index contributed by atoms with van der Waals surface area (Å²) in [6.07, 6.45) is 4.24. The molecule has 1 heterocycles. The van der Waals surface area contributed by atoms with Gasteiger partial charge in [0.1, 0.15) is 0 Å². The summed E-state index contributed by atoms with van der Waals surface area (Å²) in [6, 6.07) is 8.62. The second-order valence-corrected chi connectivity index (χ2v) is 6.23.